The molecule has 0 heterocycles. The summed E-state index contributed by atoms with van der Waals surface area (Å²) in [6.45, 7) is 1.61. The van der Waals surface area contributed by atoms with Crippen LogP contribution in [-0.4, -0.2) is 42.3 Å². The number of anilines is 1. The molecule has 35 heavy (non-hydrogen) atoms. The number of hydrogen-bond donors (Lipinski definition) is 2. The Morgan fingerprint density at radius 1 is 0.829 bits per heavy atom. The second kappa shape index (κ2) is 11.5. The van der Waals surface area contributed by atoms with E-state index in [4.69, 9.17) is 18.9 Å². The van der Waals surface area contributed by atoms with E-state index in [1.807, 2.05) is 13.0 Å². The molecule has 9 nitrogen and oxygen atoms in total. The highest BCUT2D eigenvalue weighted by Gasteiger charge is 2.16. The maximum Gasteiger partial charge on any atom is 0.261 e. The summed E-state index contributed by atoms with van der Waals surface area (Å²) in [7, 11) is 0.851. The van der Waals surface area contributed by atoms with Gasteiger partial charge in [0.25, 0.3) is 15.9 Å². The molecule has 0 unspecified atom stereocenters. The first-order valence-corrected chi connectivity index (χ1v) is 12.1. The number of carbonyl (C=O) groups is 1. The largest absolute Gasteiger partial charge is 0.497 e. The molecule has 0 saturated carbocycles. The number of nitrogens with one attached hydrogen (secondary N) is 2. The van der Waals surface area contributed by atoms with Crippen molar-refractivity contribution < 1.29 is 32.2 Å². The molecule has 0 saturated heterocycles. The highest BCUT2D eigenvalue weighted by molar-refractivity contribution is 7.92. The summed E-state index contributed by atoms with van der Waals surface area (Å²) in [6, 6.07) is 17.4. The van der Waals surface area contributed by atoms with Crippen molar-refractivity contribution in [3.63, 3.8) is 0 Å². The Kier molecular flexibility index (Phi) is 8.43. The number of sulfonamides is 1. The second-order valence-corrected chi connectivity index (χ2v) is 9.18. The van der Waals surface area contributed by atoms with Crippen LogP contribution < -0.4 is 29.0 Å². The molecule has 1 amide bonds. The average molecular weight is 501 g/mol. The van der Waals surface area contributed by atoms with Gasteiger partial charge in [0.05, 0.1) is 32.3 Å². The summed E-state index contributed by atoms with van der Waals surface area (Å²) in [5, 5.41) is 2.85. The third kappa shape index (κ3) is 6.80. The zero-order valence-corrected chi connectivity index (χ0v) is 20.7. The summed E-state index contributed by atoms with van der Waals surface area (Å²) in [5.41, 5.74) is 1.25. The summed E-state index contributed by atoms with van der Waals surface area (Å²) >= 11 is 0. The van der Waals surface area contributed by atoms with Gasteiger partial charge in [-0.1, -0.05) is 6.07 Å². The molecule has 10 heteroatoms. The van der Waals surface area contributed by atoms with Gasteiger partial charge in [0.1, 0.15) is 11.5 Å². The van der Waals surface area contributed by atoms with Crippen LogP contribution in [-0.2, 0) is 14.8 Å². The van der Waals surface area contributed by atoms with E-state index < -0.39 is 10.0 Å². The van der Waals surface area contributed by atoms with Crippen LogP contribution in [0.25, 0.3) is 0 Å². The van der Waals surface area contributed by atoms with Crippen LogP contribution >= 0.6 is 0 Å². The predicted molar refractivity (Wildman–Crippen MR) is 132 cm³/mol. The maximum absolute atomic E-state index is 12.6. The molecule has 1 atom stereocenters. The Balaban J connectivity index is 1.55. The van der Waals surface area contributed by atoms with Crippen molar-refractivity contribution in [2.24, 2.45) is 0 Å². The minimum atomic E-state index is -3.78. The Morgan fingerprint density at radius 2 is 1.46 bits per heavy atom. The van der Waals surface area contributed by atoms with Gasteiger partial charge in [0, 0.05) is 5.69 Å². The lowest BCUT2D eigenvalue weighted by Gasteiger charge is -2.17. The lowest BCUT2D eigenvalue weighted by molar-refractivity contribution is -0.123. The van der Waals surface area contributed by atoms with Crippen LogP contribution in [0.5, 0.6) is 23.0 Å². The van der Waals surface area contributed by atoms with Crippen molar-refractivity contribution >= 4 is 21.6 Å². The minimum absolute atomic E-state index is 0.0622. The first kappa shape index (κ1) is 25.7. The van der Waals surface area contributed by atoms with Gasteiger partial charge >= 0.3 is 0 Å². The molecule has 0 aliphatic rings. The standard InChI is InChI=1S/C25H28N2O7S/c1-17(18-5-14-23(32-3)24(15-18)33-4)26-25(28)16-34-21-10-12-22(13-11-21)35(29,30)27-19-6-8-20(31-2)9-7-19/h5-15,17,27H,16H2,1-4H3,(H,26,28)/t17-/m1/s1. The molecule has 0 radical (unpaired) electrons. The molecule has 3 rings (SSSR count). The Bertz CT molecular complexity index is 1240. The quantitative estimate of drug-likeness (QED) is 0.412. The molecular weight excluding hydrogens is 472 g/mol. The summed E-state index contributed by atoms with van der Waals surface area (Å²) in [6.07, 6.45) is 0. The first-order valence-electron chi connectivity index (χ1n) is 10.7. The molecule has 0 aliphatic heterocycles. The van der Waals surface area contributed by atoms with E-state index >= 15 is 0 Å². The summed E-state index contributed by atoms with van der Waals surface area (Å²) in [4.78, 5) is 12.4. The van der Waals surface area contributed by atoms with Gasteiger partial charge in [-0.2, -0.15) is 0 Å². The minimum Gasteiger partial charge on any atom is -0.497 e. The third-order valence-corrected chi connectivity index (χ3v) is 6.53. The fourth-order valence-electron chi connectivity index (χ4n) is 3.23. The van der Waals surface area contributed by atoms with E-state index in [0.717, 1.165) is 5.56 Å². The normalized spacial score (nSPS) is 11.8. The van der Waals surface area contributed by atoms with E-state index in [0.29, 0.717) is 28.7 Å². The van der Waals surface area contributed by atoms with Crippen molar-refractivity contribution in [3.8, 4) is 23.0 Å². The van der Waals surface area contributed by atoms with Crippen molar-refractivity contribution in [1.82, 2.24) is 5.32 Å². The van der Waals surface area contributed by atoms with E-state index in [2.05, 4.69) is 10.0 Å². The molecule has 0 aromatic heterocycles. The van der Waals surface area contributed by atoms with Crippen molar-refractivity contribution in [1.29, 1.82) is 0 Å². The number of hydrogen-bond acceptors (Lipinski definition) is 7. The van der Waals surface area contributed by atoms with Crippen LogP contribution in [0, 0.1) is 0 Å². The first-order chi connectivity index (χ1) is 16.7. The second-order valence-electron chi connectivity index (χ2n) is 7.50. The molecule has 2 N–H and O–H groups in total. The highest BCUT2D eigenvalue weighted by atomic mass is 32.2. The topological polar surface area (TPSA) is 112 Å². The number of methoxy groups -OCH3 is 3. The number of ether oxygens (including phenoxy) is 4. The molecule has 3 aromatic carbocycles. The van der Waals surface area contributed by atoms with E-state index in [1.165, 1.54) is 31.4 Å². The van der Waals surface area contributed by atoms with Gasteiger partial charge in [-0.3, -0.25) is 9.52 Å². The van der Waals surface area contributed by atoms with Gasteiger partial charge in [-0.05, 0) is 73.2 Å². The van der Waals surface area contributed by atoms with Crippen LogP contribution in [0.3, 0.4) is 0 Å². The van der Waals surface area contributed by atoms with E-state index in [1.54, 1.807) is 50.6 Å². The van der Waals surface area contributed by atoms with Crippen LogP contribution in [0.4, 0.5) is 5.69 Å². The monoisotopic (exact) mass is 500 g/mol. The van der Waals surface area contributed by atoms with Gasteiger partial charge in [-0.25, -0.2) is 8.42 Å². The SMILES string of the molecule is COc1ccc(NS(=O)(=O)c2ccc(OCC(=O)N[C@H](C)c3ccc(OC)c(OC)c3)cc2)cc1. The number of benzene rings is 3. The Morgan fingerprint density at radius 3 is 2.06 bits per heavy atom. The Hall–Kier alpha value is -3.92. The highest BCUT2D eigenvalue weighted by Crippen LogP contribution is 2.30. The van der Waals surface area contributed by atoms with Crippen molar-refractivity contribution in [3.05, 3.63) is 72.3 Å². The zero-order valence-electron chi connectivity index (χ0n) is 19.9. The maximum atomic E-state index is 12.6. The molecule has 0 spiro atoms. The number of rotatable bonds is 11. The molecule has 0 fully saturated rings. The molecule has 3 aromatic rings. The van der Waals surface area contributed by atoms with Gasteiger partial charge in [0.2, 0.25) is 0 Å². The van der Waals surface area contributed by atoms with Gasteiger partial charge < -0.3 is 24.3 Å². The Labute approximate surface area is 205 Å². The van der Waals surface area contributed by atoms with Gasteiger partial charge in [0.15, 0.2) is 18.1 Å². The molecule has 0 aliphatic carbocycles. The van der Waals surface area contributed by atoms with E-state index in [-0.39, 0.29) is 23.5 Å². The van der Waals surface area contributed by atoms with Crippen LogP contribution in [0.1, 0.15) is 18.5 Å². The fourth-order valence-corrected chi connectivity index (χ4v) is 4.28. The third-order valence-electron chi connectivity index (χ3n) is 5.13. The van der Waals surface area contributed by atoms with Crippen molar-refractivity contribution in [2.75, 3.05) is 32.7 Å². The lowest BCUT2D eigenvalue weighted by Crippen LogP contribution is -2.31. The number of carbonyl (C=O) groups excluding carboxylic acids is 1. The van der Waals surface area contributed by atoms with Gasteiger partial charge in [-0.15, -0.1) is 0 Å². The summed E-state index contributed by atoms with van der Waals surface area (Å²) in [5.74, 6) is 1.82. The fraction of sp³-hybridized carbons (Fsp3) is 0.240. The van der Waals surface area contributed by atoms with Crippen LogP contribution in [0.2, 0.25) is 0 Å². The molecule has 186 valence electrons. The average Bonchev–Trinajstić information content (AvgIpc) is 2.87. The van der Waals surface area contributed by atoms with Crippen molar-refractivity contribution in [2.45, 2.75) is 17.9 Å². The summed E-state index contributed by atoms with van der Waals surface area (Å²) < 4.78 is 48.8. The van der Waals surface area contributed by atoms with Crippen LogP contribution in [0.15, 0.2) is 71.6 Å². The molecule has 0 bridgehead atoms. The van der Waals surface area contributed by atoms with E-state index in [9.17, 15) is 13.2 Å². The smallest absolute Gasteiger partial charge is 0.261 e. The molecular formula is C25H28N2O7S. The lowest BCUT2D eigenvalue weighted by atomic mass is 10.1. The zero-order chi connectivity index (χ0) is 25.4. The predicted octanol–water partition coefficient (Wildman–Crippen LogP) is 3.77. The number of amides is 1.